The number of anilines is 2. The van der Waals surface area contributed by atoms with Gasteiger partial charge in [0.1, 0.15) is 6.07 Å². The van der Waals surface area contributed by atoms with Crippen molar-refractivity contribution in [1.29, 1.82) is 5.26 Å². The van der Waals surface area contributed by atoms with E-state index in [9.17, 15) is 5.11 Å². The van der Waals surface area contributed by atoms with E-state index in [4.69, 9.17) is 11.0 Å². The third kappa shape index (κ3) is 3.25. The number of nitrogens with zero attached hydrogens (tertiary/aromatic N) is 2. The van der Waals surface area contributed by atoms with E-state index in [1.165, 1.54) is 6.20 Å². The number of aromatic nitrogens is 1. The van der Waals surface area contributed by atoms with Crippen LogP contribution >= 0.6 is 11.8 Å². The number of nitrogens with two attached hydrogens (primary N) is 1. The molecule has 2 unspecified atom stereocenters. The van der Waals surface area contributed by atoms with Gasteiger partial charge in [-0.1, -0.05) is 0 Å². The Morgan fingerprint density at radius 3 is 2.94 bits per heavy atom. The van der Waals surface area contributed by atoms with Gasteiger partial charge in [0.05, 0.1) is 17.9 Å². The molecule has 4 N–H and O–H groups in total. The van der Waals surface area contributed by atoms with Crippen molar-refractivity contribution < 1.29 is 5.11 Å². The molecule has 0 spiro atoms. The summed E-state index contributed by atoms with van der Waals surface area (Å²) < 4.78 is 0. The summed E-state index contributed by atoms with van der Waals surface area (Å²) in [7, 11) is 0. The minimum absolute atomic E-state index is 0.0127. The monoisotopic (exact) mass is 252 g/mol. The summed E-state index contributed by atoms with van der Waals surface area (Å²) in [6.07, 6.45) is 3.47. The van der Waals surface area contributed by atoms with Gasteiger partial charge >= 0.3 is 0 Å². The van der Waals surface area contributed by atoms with E-state index in [0.29, 0.717) is 17.1 Å². The van der Waals surface area contributed by atoms with E-state index in [-0.39, 0.29) is 17.9 Å². The molecule has 6 heteroatoms. The van der Waals surface area contributed by atoms with Crippen molar-refractivity contribution in [3.05, 3.63) is 17.8 Å². The van der Waals surface area contributed by atoms with Gasteiger partial charge in [0, 0.05) is 17.5 Å². The van der Waals surface area contributed by atoms with Crippen LogP contribution in [0.2, 0.25) is 0 Å². The maximum Gasteiger partial charge on any atom is 0.150 e. The van der Waals surface area contributed by atoms with Gasteiger partial charge in [-0.15, -0.1) is 0 Å². The van der Waals surface area contributed by atoms with Crippen LogP contribution < -0.4 is 11.1 Å². The molecule has 0 bridgehead atoms. The highest BCUT2D eigenvalue weighted by Gasteiger charge is 2.17. The predicted molar refractivity (Wildman–Crippen MR) is 70.8 cm³/mol. The summed E-state index contributed by atoms with van der Waals surface area (Å²) >= 11 is 1.57. The third-order valence-corrected chi connectivity index (χ3v) is 3.68. The number of aliphatic hydroxyl groups is 1. The molecular weight excluding hydrogens is 236 g/mol. The normalized spacial score (nSPS) is 13.8. The average Bonchev–Trinajstić information content (AvgIpc) is 2.33. The fourth-order valence-electron chi connectivity index (χ4n) is 1.43. The number of thioether (sulfide) groups is 1. The van der Waals surface area contributed by atoms with Crippen LogP contribution in [0.3, 0.4) is 0 Å². The van der Waals surface area contributed by atoms with Gasteiger partial charge in [-0.3, -0.25) is 0 Å². The van der Waals surface area contributed by atoms with Gasteiger partial charge in [0.25, 0.3) is 0 Å². The molecule has 5 nitrogen and oxygen atoms in total. The van der Waals surface area contributed by atoms with Gasteiger partial charge in [-0.25, -0.2) is 4.98 Å². The van der Waals surface area contributed by atoms with Crippen LogP contribution in [-0.2, 0) is 0 Å². The highest BCUT2D eigenvalue weighted by Crippen LogP contribution is 2.22. The fraction of sp³-hybridized carbons (Fsp3) is 0.455. The van der Waals surface area contributed by atoms with E-state index < -0.39 is 0 Å². The molecule has 17 heavy (non-hydrogen) atoms. The smallest absolute Gasteiger partial charge is 0.150 e. The lowest BCUT2D eigenvalue weighted by Crippen LogP contribution is -2.31. The van der Waals surface area contributed by atoms with Crippen LogP contribution in [0.1, 0.15) is 12.5 Å². The van der Waals surface area contributed by atoms with E-state index in [1.807, 2.05) is 19.2 Å². The fourth-order valence-corrected chi connectivity index (χ4v) is 2.06. The standard InChI is InChI=1S/C11H16N4OS/c1-7(9(6-16)17-2)15-11-10(13)8(5-12)3-4-14-11/h3-4,7,9,16H,6,13H2,1-2H3,(H,14,15). The minimum atomic E-state index is 0.0127. The first kappa shape index (κ1) is 13.6. The number of rotatable bonds is 5. The van der Waals surface area contributed by atoms with Crippen LogP contribution in [0.4, 0.5) is 11.5 Å². The molecule has 0 aliphatic carbocycles. The van der Waals surface area contributed by atoms with Gasteiger partial charge in [-0.2, -0.15) is 17.0 Å². The van der Waals surface area contributed by atoms with Crippen LogP contribution in [0.15, 0.2) is 12.3 Å². The van der Waals surface area contributed by atoms with Crippen molar-refractivity contribution in [1.82, 2.24) is 4.98 Å². The van der Waals surface area contributed by atoms with Gasteiger partial charge in [-0.05, 0) is 19.2 Å². The first-order valence-corrected chi connectivity index (χ1v) is 6.47. The number of nitrogen functional groups attached to an aromatic ring is 1. The molecule has 0 radical (unpaired) electrons. The summed E-state index contributed by atoms with van der Waals surface area (Å²) in [6.45, 7) is 2.02. The van der Waals surface area contributed by atoms with Crippen LogP contribution in [0.5, 0.6) is 0 Å². The number of hydrogen-bond donors (Lipinski definition) is 3. The van der Waals surface area contributed by atoms with E-state index in [1.54, 1.807) is 17.8 Å². The molecule has 0 fully saturated rings. The zero-order valence-corrected chi connectivity index (χ0v) is 10.7. The number of pyridine rings is 1. The van der Waals surface area contributed by atoms with Crippen molar-refractivity contribution in [2.75, 3.05) is 23.9 Å². The van der Waals surface area contributed by atoms with Crippen LogP contribution in [-0.4, -0.2) is 34.2 Å². The first-order chi connectivity index (χ1) is 8.13. The molecular formula is C11H16N4OS. The minimum Gasteiger partial charge on any atom is -0.395 e. The highest BCUT2D eigenvalue weighted by molar-refractivity contribution is 7.99. The average molecular weight is 252 g/mol. The topological polar surface area (TPSA) is 95.0 Å². The number of nitriles is 1. The maximum absolute atomic E-state index is 9.18. The van der Waals surface area contributed by atoms with E-state index >= 15 is 0 Å². The summed E-state index contributed by atoms with van der Waals surface area (Å²) in [5.74, 6) is 0.490. The summed E-state index contributed by atoms with van der Waals surface area (Å²) in [5.41, 5.74) is 6.56. The SMILES string of the molecule is CSC(CO)C(C)Nc1nccc(C#N)c1N. The third-order valence-electron chi connectivity index (χ3n) is 2.52. The molecule has 2 atom stereocenters. The van der Waals surface area contributed by atoms with Crippen molar-refractivity contribution in [2.45, 2.75) is 18.2 Å². The zero-order valence-electron chi connectivity index (χ0n) is 9.84. The molecule has 0 aliphatic rings. The van der Waals surface area contributed by atoms with E-state index in [2.05, 4.69) is 10.3 Å². The number of aliphatic hydroxyl groups excluding tert-OH is 1. The Hall–Kier alpha value is -1.45. The highest BCUT2D eigenvalue weighted by atomic mass is 32.2. The van der Waals surface area contributed by atoms with Gasteiger partial charge in [0.2, 0.25) is 0 Å². The second-order valence-corrected chi connectivity index (χ2v) is 4.70. The molecule has 1 aromatic rings. The lowest BCUT2D eigenvalue weighted by molar-refractivity contribution is 0.288. The van der Waals surface area contributed by atoms with Gasteiger partial charge < -0.3 is 16.2 Å². The van der Waals surface area contributed by atoms with Crippen LogP contribution in [0.25, 0.3) is 0 Å². The lowest BCUT2D eigenvalue weighted by atomic mass is 10.2. The number of nitrogens with one attached hydrogen (secondary N) is 1. The molecule has 0 amide bonds. The van der Waals surface area contributed by atoms with Crippen molar-refractivity contribution in [2.24, 2.45) is 0 Å². The molecule has 92 valence electrons. The second kappa shape index (κ2) is 6.33. The Labute approximate surface area is 105 Å². The first-order valence-electron chi connectivity index (χ1n) is 5.18. The Morgan fingerprint density at radius 2 is 2.41 bits per heavy atom. The summed E-state index contributed by atoms with van der Waals surface area (Å²) in [6, 6.07) is 3.59. The van der Waals surface area contributed by atoms with Crippen molar-refractivity contribution in [3.63, 3.8) is 0 Å². The summed E-state index contributed by atoms with van der Waals surface area (Å²) in [5, 5.41) is 21.2. The number of hydrogen-bond acceptors (Lipinski definition) is 6. The van der Waals surface area contributed by atoms with Crippen molar-refractivity contribution >= 4 is 23.3 Å². The maximum atomic E-state index is 9.18. The molecule has 1 heterocycles. The Morgan fingerprint density at radius 1 is 1.71 bits per heavy atom. The second-order valence-electron chi connectivity index (χ2n) is 3.62. The molecule has 1 rings (SSSR count). The zero-order chi connectivity index (χ0) is 12.8. The molecule has 0 saturated heterocycles. The quantitative estimate of drug-likeness (QED) is 0.725. The predicted octanol–water partition coefficient (Wildman–Crippen LogP) is 1.06. The van der Waals surface area contributed by atoms with Gasteiger partial charge in [0.15, 0.2) is 5.82 Å². The Bertz CT molecular complexity index is 414. The lowest BCUT2D eigenvalue weighted by Gasteiger charge is -2.22. The molecule has 1 aromatic heterocycles. The summed E-state index contributed by atoms with van der Waals surface area (Å²) in [4.78, 5) is 4.10. The van der Waals surface area contributed by atoms with Crippen LogP contribution in [0, 0.1) is 11.3 Å². The molecule has 0 aromatic carbocycles. The Balaban J connectivity index is 2.85. The van der Waals surface area contributed by atoms with Crippen molar-refractivity contribution in [3.8, 4) is 6.07 Å². The molecule has 0 aliphatic heterocycles. The molecule has 0 saturated carbocycles. The Kier molecular flexibility index (Phi) is 5.07. The van der Waals surface area contributed by atoms with E-state index in [0.717, 1.165) is 0 Å². The largest absolute Gasteiger partial charge is 0.395 e.